The van der Waals surface area contributed by atoms with Crippen LogP contribution < -0.4 is 10.2 Å². The monoisotopic (exact) mass is 439 g/mol. The summed E-state index contributed by atoms with van der Waals surface area (Å²) in [5, 5.41) is 12.6. The number of fused-ring (bicyclic) bond motifs is 3. The Morgan fingerprint density at radius 1 is 1.19 bits per heavy atom. The average molecular weight is 440 g/mol. The Bertz CT molecular complexity index is 1170. The number of ether oxygens (including phenoxy) is 1. The van der Waals surface area contributed by atoms with E-state index in [9.17, 15) is 8.78 Å². The molecule has 6 nitrogen and oxygen atoms in total. The van der Waals surface area contributed by atoms with Gasteiger partial charge in [0.05, 0.1) is 41.3 Å². The molecule has 2 aliphatic heterocycles. The molecule has 4 heterocycles. The van der Waals surface area contributed by atoms with E-state index in [1.54, 1.807) is 13.0 Å². The van der Waals surface area contributed by atoms with Crippen LogP contribution in [0.5, 0.6) is 0 Å². The van der Waals surface area contributed by atoms with Gasteiger partial charge in [0.15, 0.2) is 17.5 Å². The van der Waals surface area contributed by atoms with Crippen LogP contribution in [0.1, 0.15) is 42.8 Å². The summed E-state index contributed by atoms with van der Waals surface area (Å²) >= 11 is 0. The number of aryl methyl sites for hydroxylation is 2. The Morgan fingerprint density at radius 3 is 2.88 bits per heavy atom. The lowest BCUT2D eigenvalue weighted by Crippen LogP contribution is -2.34. The van der Waals surface area contributed by atoms with Crippen molar-refractivity contribution in [3.8, 4) is 0 Å². The molecule has 5 rings (SSSR count). The first kappa shape index (κ1) is 21.0. The second kappa shape index (κ2) is 8.24. The molecule has 0 saturated carbocycles. The number of rotatable bonds is 4. The number of hydrogen-bond donors (Lipinski definition) is 1. The van der Waals surface area contributed by atoms with Crippen LogP contribution in [0.25, 0.3) is 10.9 Å². The molecule has 3 atom stereocenters. The van der Waals surface area contributed by atoms with Gasteiger partial charge in [-0.2, -0.15) is 5.10 Å². The van der Waals surface area contributed by atoms with E-state index in [2.05, 4.69) is 26.5 Å². The molecular weight excluding hydrogens is 412 g/mol. The fourth-order valence-corrected chi connectivity index (χ4v) is 4.96. The van der Waals surface area contributed by atoms with E-state index in [1.165, 1.54) is 6.07 Å². The van der Waals surface area contributed by atoms with Crippen molar-refractivity contribution in [2.24, 2.45) is 5.92 Å². The molecule has 2 bridgehead atoms. The summed E-state index contributed by atoms with van der Waals surface area (Å²) in [6.45, 7) is 8.22. The maximum atomic E-state index is 14.3. The molecule has 2 unspecified atom stereocenters. The third kappa shape index (κ3) is 3.66. The predicted molar refractivity (Wildman–Crippen MR) is 120 cm³/mol. The summed E-state index contributed by atoms with van der Waals surface area (Å²) in [4.78, 5) is 7.27. The molecule has 2 saturated heterocycles. The molecule has 2 aliphatic rings. The van der Waals surface area contributed by atoms with Crippen molar-refractivity contribution in [3.05, 3.63) is 52.9 Å². The van der Waals surface area contributed by atoms with E-state index in [0.717, 1.165) is 66.6 Å². The zero-order chi connectivity index (χ0) is 22.4. The Morgan fingerprint density at radius 2 is 2.03 bits per heavy atom. The first-order valence-electron chi connectivity index (χ1n) is 11.1. The lowest BCUT2D eigenvalue weighted by molar-refractivity contribution is 0.125. The third-order valence-corrected chi connectivity index (χ3v) is 6.68. The molecule has 2 fully saturated rings. The summed E-state index contributed by atoms with van der Waals surface area (Å²) in [6.07, 6.45) is 2.22. The lowest BCUT2D eigenvalue weighted by Gasteiger charge is -2.29. The van der Waals surface area contributed by atoms with Gasteiger partial charge in [0.2, 0.25) is 0 Å². The molecule has 8 heteroatoms. The third-order valence-electron chi connectivity index (χ3n) is 6.68. The molecule has 3 aromatic rings. The highest BCUT2D eigenvalue weighted by Gasteiger charge is 2.35. The van der Waals surface area contributed by atoms with Crippen molar-refractivity contribution in [3.63, 3.8) is 0 Å². The van der Waals surface area contributed by atoms with Gasteiger partial charge in [-0.1, -0.05) is 12.1 Å². The van der Waals surface area contributed by atoms with Crippen LogP contribution in [-0.2, 0) is 4.74 Å². The van der Waals surface area contributed by atoms with Crippen molar-refractivity contribution in [1.82, 2.24) is 15.2 Å². The molecule has 32 heavy (non-hydrogen) atoms. The smallest absolute Gasteiger partial charge is 0.164 e. The van der Waals surface area contributed by atoms with E-state index < -0.39 is 17.7 Å². The Balaban J connectivity index is 1.54. The van der Waals surface area contributed by atoms with Crippen LogP contribution >= 0.6 is 0 Å². The normalized spacial score (nSPS) is 21.6. The first-order valence-corrected chi connectivity index (χ1v) is 11.1. The zero-order valence-corrected chi connectivity index (χ0v) is 18.5. The van der Waals surface area contributed by atoms with Gasteiger partial charge in [0.25, 0.3) is 0 Å². The van der Waals surface area contributed by atoms with Gasteiger partial charge in [-0.25, -0.2) is 13.8 Å². The zero-order valence-electron chi connectivity index (χ0n) is 18.5. The van der Waals surface area contributed by atoms with E-state index in [-0.39, 0.29) is 5.56 Å². The maximum Gasteiger partial charge on any atom is 0.164 e. The van der Waals surface area contributed by atoms with E-state index >= 15 is 0 Å². The molecule has 2 aromatic heterocycles. The highest BCUT2D eigenvalue weighted by Crippen LogP contribution is 2.37. The van der Waals surface area contributed by atoms with Crippen LogP contribution in [-0.4, -0.2) is 41.0 Å². The van der Waals surface area contributed by atoms with Gasteiger partial charge in [-0.05, 0) is 51.7 Å². The van der Waals surface area contributed by atoms with Crippen molar-refractivity contribution < 1.29 is 13.5 Å². The van der Waals surface area contributed by atoms with Gasteiger partial charge in [0, 0.05) is 24.1 Å². The second-order valence-corrected chi connectivity index (χ2v) is 8.90. The SMILES string of the molecule is Cc1nc2c(C)nnc(N[C@H](C)c3cccc(F)c3F)c2cc1N1CC2CCOCC1C2. The molecule has 0 radical (unpaired) electrons. The molecule has 1 aromatic carbocycles. The summed E-state index contributed by atoms with van der Waals surface area (Å²) in [5.41, 5.74) is 3.73. The van der Waals surface area contributed by atoms with Crippen molar-refractivity contribution in [2.45, 2.75) is 45.7 Å². The van der Waals surface area contributed by atoms with Crippen LogP contribution in [0.15, 0.2) is 24.3 Å². The van der Waals surface area contributed by atoms with Gasteiger partial charge in [-0.3, -0.25) is 0 Å². The highest BCUT2D eigenvalue weighted by molar-refractivity contribution is 5.93. The first-order chi connectivity index (χ1) is 15.4. The number of aromatic nitrogens is 3. The Kier molecular flexibility index (Phi) is 5.41. The molecule has 0 aliphatic carbocycles. The number of halogens is 2. The van der Waals surface area contributed by atoms with Crippen LogP contribution in [0.4, 0.5) is 20.3 Å². The summed E-state index contributed by atoms with van der Waals surface area (Å²) < 4.78 is 33.9. The Labute approximate surface area is 186 Å². The minimum absolute atomic E-state index is 0.238. The van der Waals surface area contributed by atoms with Crippen molar-refractivity contribution in [2.75, 3.05) is 30.0 Å². The van der Waals surface area contributed by atoms with E-state index in [4.69, 9.17) is 9.72 Å². The minimum atomic E-state index is -0.867. The number of hydrogen-bond acceptors (Lipinski definition) is 6. The molecular formula is C24H27F2N5O. The van der Waals surface area contributed by atoms with Crippen molar-refractivity contribution >= 4 is 22.4 Å². The topological polar surface area (TPSA) is 63.2 Å². The predicted octanol–water partition coefficient (Wildman–Crippen LogP) is 4.71. The largest absolute Gasteiger partial charge is 0.379 e. The van der Waals surface area contributed by atoms with Crippen LogP contribution in [0, 0.1) is 31.4 Å². The van der Waals surface area contributed by atoms with Gasteiger partial charge >= 0.3 is 0 Å². The maximum absolute atomic E-state index is 14.3. The second-order valence-electron chi connectivity index (χ2n) is 8.90. The average Bonchev–Trinajstić information content (AvgIpc) is 3.01. The molecule has 0 amide bonds. The van der Waals surface area contributed by atoms with E-state index in [1.807, 2.05) is 13.8 Å². The number of nitrogens with one attached hydrogen (secondary N) is 1. The number of benzene rings is 1. The van der Waals surface area contributed by atoms with Gasteiger partial charge < -0.3 is 15.0 Å². The number of nitrogens with zero attached hydrogens (tertiary/aromatic N) is 4. The summed E-state index contributed by atoms with van der Waals surface area (Å²) in [5.74, 6) is -0.588. The highest BCUT2D eigenvalue weighted by atomic mass is 19.2. The van der Waals surface area contributed by atoms with Crippen LogP contribution in [0.3, 0.4) is 0 Å². The quantitative estimate of drug-likeness (QED) is 0.635. The standard InChI is InChI=1S/C24H27F2N5O/c1-13(18-5-4-6-20(25)22(18)26)28-24-19-10-21(14(2)27-23(19)15(3)29-30-24)31-11-16-7-8-32-12-17(31)9-16/h4-6,10,13,16-17H,7-9,11-12H2,1-3H3,(H,28,30)/t13-,16?,17?/m1/s1. The van der Waals surface area contributed by atoms with E-state index in [0.29, 0.717) is 17.8 Å². The molecule has 0 spiro atoms. The number of anilines is 2. The number of pyridine rings is 1. The van der Waals surface area contributed by atoms with Crippen molar-refractivity contribution in [1.29, 1.82) is 0 Å². The molecule has 168 valence electrons. The summed E-state index contributed by atoms with van der Waals surface area (Å²) in [6, 6.07) is 6.13. The van der Waals surface area contributed by atoms with Gasteiger partial charge in [0.1, 0.15) is 0 Å². The molecule has 1 N–H and O–H groups in total. The Hall–Kier alpha value is -2.87. The van der Waals surface area contributed by atoms with Gasteiger partial charge in [-0.15, -0.1) is 5.10 Å². The minimum Gasteiger partial charge on any atom is -0.379 e. The fourth-order valence-electron chi connectivity index (χ4n) is 4.96. The summed E-state index contributed by atoms with van der Waals surface area (Å²) in [7, 11) is 0. The van der Waals surface area contributed by atoms with Crippen LogP contribution in [0.2, 0.25) is 0 Å². The fraction of sp³-hybridized carbons (Fsp3) is 0.458. The lowest BCUT2D eigenvalue weighted by atomic mass is 10.0.